The number of likely N-dealkylation sites (tertiary alicyclic amines) is 1. The van der Waals surface area contributed by atoms with E-state index in [-0.39, 0.29) is 23.4 Å². The summed E-state index contributed by atoms with van der Waals surface area (Å²) >= 11 is 0. The van der Waals surface area contributed by atoms with Gasteiger partial charge in [-0.2, -0.15) is 4.31 Å². The molecular formula is C24H32N2O5S. The van der Waals surface area contributed by atoms with Gasteiger partial charge in [-0.15, -0.1) is 0 Å². The van der Waals surface area contributed by atoms with Gasteiger partial charge in [0.15, 0.2) is 11.5 Å². The van der Waals surface area contributed by atoms with Crippen LogP contribution in [-0.4, -0.2) is 63.9 Å². The molecule has 1 heterocycles. The van der Waals surface area contributed by atoms with Gasteiger partial charge in [-0.25, -0.2) is 8.42 Å². The minimum Gasteiger partial charge on any atom is -0.493 e. The van der Waals surface area contributed by atoms with E-state index < -0.39 is 10.0 Å². The van der Waals surface area contributed by atoms with Gasteiger partial charge >= 0.3 is 0 Å². The lowest BCUT2D eigenvalue weighted by molar-refractivity contribution is -0.135. The van der Waals surface area contributed by atoms with Crippen LogP contribution in [0.5, 0.6) is 11.5 Å². The van der Waals surface area contributed by atoms with Crippen molar-refractivity contribution in [2.75, 3.05) is 34.4 Å². The zero-order valence-electron chi connectivity index (χ0n) is 19.0. The van der Waals surface area contributed by atoms with E-state index in [9.17, 15) is 13.2 Å². The van der Waals surface area contributed by atoms with E-state index in [4.69, 9.17) is 9.47 Å². The van der Waals surface area contributed by atoms with Gasteiger partial charge in [-0.1, -0.05) is 24.3 Å². The van der Waals surface area contributed by atoms with Crippen LogP contribution in [0.4, 0.5) is 0 Å². The number of rotatable bonds is 9. The van der Waals surface area contributed by atoms with E-state index >= 15 is 0 Å². The third-order valence-electron chi connectivity index (χ3n) is 5.97. The predicted octanol–water partition coefficient (Wildman–Crippen LogP) is 3.34. The first kappa shape index (κ1) is 24.1. The van der Waals surface area contributed by atoms with Crippen molar-refractivity contribution >= 4 is 15.9 Å². The van der Waals surface area contributed by atoms with Crippen molar-refractivity contribution in [1.82, 2.24) is 9.21 Å². The molecule has 0 saturated carbocycles. The van der Waals surface area contributed by atoms with Crippen LogP contribution < -0.4 is 9.47 Å². The Morgan fingerprint density at radius 2 is 1.78 bits per heavy atom. The lowest BCUT2D eigenvalue weighted by Crippen LogP contribution is -2.48. The van der Waals surface area contributed by atoms with Crippen molar-refractivity contribution < 1.29 is 22.7 Å². The fraction of sp³-hybridized carbons (Fsp3) is 0.458. The topological polar surface area (TPSA) is 76.2 Å². The van der Waals surface area contributed by atoms with Crippen molar-refractivity contribution in [2.45, 2.75) is 43.0 Å². The summed E-state index contributed by atoms with van der Waals surface area (Å²) in [4.78, 5) is 15.1. The minimum absolute atomic E-state index is 0.0946. The van der Waals surface area contributed by atoms with Crippen molar-refractivity contribution in [3.05, 3.63) is 54.1 Å². The molecule has 2 aromatic carbocycles. The molecule has 0 N–H and O–H groups in total. The Kier molecular flexibility index (Phi) is 8.15. The molecule has 0 radical (unpaired) electrons. The highest BCUT2D eigenvalue weighted by Crippen LogP contribution is 2.29. The Labute approximate surface area is 191 Å². The SMILES string of the molecule is COc1ccc(CCC2CCCCN2C(=O)CN(C)S(=O)(=O)c2ccccc2)cc1OC. The van der Waals surface area contributed by atoms with Crippen LogP contribution >= 0.6 is 0 Å². The molecule has 0 aliphatic carbocycles. The van der Waals surface area contributed by atoms with Crippen LogP contribution in [0.1, 0.15) is 31.2 Å². The zero-order chi connectivity index (χ0) is 23.1. The number of sulfonamides is 1. The summed E-state index contributed by atoms with van der Waals surface area (Å²) in [6.07, 6.45) is 4.55. The molecule has 1 amide bonds. The standard InChI is InChI=1S/C24H32N2O5S/c1-25(32(28,29)21-10-5-4-6-11-21)18-24(27)26-16-8-7-9-20(26)14-12-19-13-15-22(30-2)23(17-19)31-3/h4-6,10-11,13,15,17,20H,7-9,12,14,16,18H2,1-3H3. The summed E-state index contributed by atoms with van der Waals surface area (Å²) in [5, 5.41) is 0. The van der Waals surface area contributed by atoms with E-state index in [1.165, 1.54) is 7.05 Å². The van der Waals surface area contributed by atoms with Crippen molar-refractivity contribution in [1.29, 1.82) is 0 Å². The second kappa shape index (κ2) is 10.8. The van der Waals surface area contributed by atoms with Crippen LogP contribution in [0.25, 0.3) is 0 Å². The number of carbonyl (C=O) groups is 1. The first-order valence-corrected chi connectivity index (χ1v) is 12.3. The van der Waals surface area contributed by atoms with Gasteiger partial charge < -0.3 is 14.4 Å². The van der Waals surface area contributed by atoms with Crippen molar-refractivity contribution in [2.24, 2.45) is 0 Å². The summed E-state index contributed by atoms with van der Waals surface area (Å²) in [6, 6.07) is 14.2. The monoisotopic (exact) mass is 460 g/mol. The van der Waals surface area contributed by atoms with E-state index in [0.717, 1.165) is 42.0 Å². The summed E-state index contributed by atoms with van der Waals surface area (Å²) in [5.74, 6) is 1.23. The number of methoxy groups -OCH3 is 2. The van der Waals surface area contributed by atoms with Crippen LogP contribution in [0, 0.1) is 0 Å². The number of carbonyl (C=O) groups excluding carboxylic acids is 1. The average molecular weight is 461 g/mol. The first-order chi connectivity index (χ1) is 15.4. The maximum absolute atomic E-state index is 13.1. The molecular weight excluding hydrogens is 428 g/mol. The van der Waals surface area contributed by atoms with Crippen LogP contribution in [0.15, 0.2) is 53.4 Å². The van der Waals surface area contributed by atoms with Crippen LogP contribution in [0.3, 0.4) is 0 Å². The highest BCUT2D eigenvalue weighted by molar-refractivity contribution is 7.89. The number of hydrogen-bond donors (Lipinski definition) is 0. The third kappa shape index (κ3) is 5.61. The van der Waals surface area contributed by atoms with Gasteiger partial charge in [0.1, 0.15) is 0 Å². The maximum Gasteiger partial charge on any atom is 0.243 e. The molecule has 1 aliphatic heterocycles. The quantitative estimate of drug-likeness (QED) is 0.574. The molecule has 1 atom stereocenters. The number of piperidine rings is 1. The number of nitrogens with zero attached hydrogens (tertiary/aromatic N) is 2. The van der Waals surface area contributed by atoms with Gasteiger partial charge in [-0.05, 0) is 61.9 Å². The third-order valence-corrected chi connectivity index (χ3v) is 7.79. The molecule has 32 heavy (non-hydrogen) atoms. The van der Waals surface area contributed by atoms with Gasteiger partial charge in [0.25, 0.3) is 0 Å². The summed E-state index contributed by atoms with van der Waals surface area (Å²) in [7, 11) is 0.985. The molecule has 0 spiro atoms. The molecule has 1 aliphatic rings. The Hall–Kier alpha value is -2.58. The molecule has 1 fully saturated rings. The highest BCUT2D eigenvalue weighted by atomic mass is 32.2. The molecule has 0 bridgehead atoms. The molecule has 3 rings (SSSR count). The molecule has 1 saturated heterocycles. The lowest BCUT2D eigenvalue weighted by Gasteiger charge is -2.37. The molecule has 174 valence electrons. The second-order valence-corrected chi connectivity index (χ2v) is 10.1. The fourth-order valence-electron chi connectivity index (χ4n) is 4.14. The average Bonchev–Trinajstić information content (AvgIpc) is 2.83. The summed E-state index contributed by atoms with van der Waals surface area (Å²) in [5.41, 5.74) is 1.12. The van der Waals surface area contributed by atoms with Gasteiger partial charge in [-0.3, -0.25) is 4.79 Å². The summed E-state index contributed by atoms with van der Waals surface area (Å²) in [6.45, 7) is 0.499. The lowest BCUT2D eigenvalue weighted by atomic mass is 9.95. The van der Waals surface area contributed by atoms with E-state index in [1.54, 1.807) is 44.6 Å². The molecule has 2 aromatic rings. The normalized spacial score (nSPS) is 16.8. The molecule has 1 unspecified atom stereocenters. The molecule has 8 heteroatoms. The van der Waals surface area contributed by atoms with Crippen LogP contribution in [-0.2, 0) is 21.2 Å². The van der Waals surface area contributed by atoms with Gasteiger partial charge in [0.2, 0.25) is 15.9 Å². The number of hydrogen-bond acceptors (Lipinski definition) is 5. The number of amides is 1. The predicted molar refractivity (Wildman–Crippen MR) is 123 cm³/mol. The largest absolute Gasteiger partial charge is 0.493 e. The van der Waals surface area contributed by atoms with Crippen molar-refractivity contribution in [3.63, 3.8) is 0 Å². The Balaban J connectivity index is 1.65. The van der Waals surface area contributed by atoms with E-state index in [1.807, 2.05) is 23.1 Å². The first-order valence-electron chi connectivity index (χ1n) is 10.9. The Bertz CT molecular complexity index is 1010. The van der Waals surface area contributed by atoms with Gasteiger partial charge in [0, 0.05) is 19.6 Å². The van der Waals surface area contributed by atoms with E-state index in [2.05, 4.69) is 0 Å². The number of benzene rings is 2. The van der Waals surface area contributed by atoms with E-state index in [0.29, 0.717) is 18.0 Å². The number of likely N-dealkylation sites (N-methyl/N-ethyl adjacent to an activating group) is 1. The fourth-order valence-corrected chi connectivity index (χ4v) is 5.28. The number of aryl methyl sites for hydroxylation is 1. The molecule has 7 nitrogen and oxygen atoms in total. The Morgan fingerprint density at radius 1 is 1.06 bits per heavy atom. The smallest absolute Gasteiger partial charge is 0.243 e. The minimum atomic E-state index is -3.70. The Morgan fingerprint density at radius 3 is 2.47 bits per heavy atom. The number of ether oxygens (including phenoxy) is 2. The zero-order valence-corrected chi connectivity index (χ0v) is 19.8. The van der Waals surface area contributed by atoms with Crippen LogP contribution in [0.2, 0.25) is 0 Å². The molecule has 0 aromatic heterocycles. The maximum atomic E-state index is 13.1. The van der Waals surface area contributed by atoms with Gasteiger partial charge in [0.05, 0.1) is 25.7 Å². The summed E-state index contributed by atoms with van der Waals surface area (Å²) < 4.78 is 37.4. The van der Waals surface area contributed by atoms with Crippen molar-refractivity contribution in [3.8, 4) is 11.5 Å². The second-order valence-electron chi connectivity index (χ2n) is 8.04. The highest BCUT2D eigenvalue weighted by Gasteiger charge is 2.30.